The Morgan fingerprint density at radius 3 is 2.42 bits per heavy atom. The Hall–Kier alpha value is 0.480. The molecule has 0 radical (unpaired) electrons. The smallest absolute Gasteiger partial charge is 0.0197 e. The first-order valence-electron chi connectivity index (χ1n) is 5.29. The van der Waals surface area contributed by atoms with Crippen molar-refractivity contribution in [2.24, 2.45) is 17.8 Å². The molecule has 0 saturated heterocycles. The molecular weight excluding hydrogens is 212 g/mol. The highest BCUT2D eigenvalue weighted by Crippen LogP contribution is 2.39. The molecule has 0 aromatic heterocycles. The minimum absolute atomic E-state index is 0.758. The van der Waals surface area contributed by atoms with E-state index in [0.29, 0.717) is 0 Å². The fourth-order valence-corrected chi connectivity index (χ4v) is 2.80. The van der Waals surface area contributed by atoms with Gasteiger partial charge in [0, 0.05) is 4.83 Å². The molecule has 0 aromatic carbocycles. The van der Waals surface area contributed by atoms with E-state index in [1.54, 1.807) is 0 Å². The molecule has 0 amide bonds. The van der Waals surface area contributed by atoms with Gasteiger partial charge in [0.15, 0.2) is 0 Å². The first-order chi connectivity index (χ1) is 5.65. The summed E-state index contributed by atoms with van der Waals surface area (Å²) in [6, 6.07) is 0. The Balaban J connectivity index is 2.35. The van der Waals surface area contributed by atoms with Crippen LogP contribution in [0.15, 0.2) is 0 Å². The molecule has 1 saturated carbocycles. The van der Waals surface area contributed by atoms with E-state index in [-0.39, 0.29) is 0 Å². The number of hydrogen-bond donors (Lipinski definition) is 0. The molecule has 0 bridgehead atoms. The Labute approximate surface area is 85.3 Å². The average Bonchev–Trinajstić information content (AvgIpc) is 2.50. The van der Waals surface area contributed by atoms with Crippen molar-refractivity contribution >= 4 is 15.9 Å². The van der Waals surface area contributed by atoms with Gasteiger partial charge < -0.3 is 0 Å². The third kappa shape index (κ3) is 2.48. The van der Waals surface area contributed by atoms with E-state index in [1.807, 2.05) is 0 Å². The van der Waals surface area contributed by atoms with Gasteiger partial charge in [0.05, 0.1) is 0 Å². The molecule has 72 valence electrons. The molecule has 0 aromatic rings. The SMILES string of the molecule is CCC1CCC(C(Br)C(C)C)C1. The van der Waals surface area contributed by atoms with Crippen LogP contribution < -0.4 is 0 Å². The Kier molecular flexibility index (Phi) is 4.09. The van der Waals surface area contributed by atoms with Crippen molar-refractivity contribution in [3.63, 3.8) is 0 Å². The van der Waals surface area contributed by atoms with Crippen molar-refractivity contribution in [1.29, 1.82) is 0 Å². The third-order valence-electron chi connectivity index (χ3n) is 3.25. The fourth-order valence-electron chi connectivity index (χ4n) is 2.32. The quantitative estimate of drug-likeness (QED) is 0.640. The first-order valence-corrected chi connectivity index (χ1v) is 6.20. The molecule has 0 nitrogen and oxygen atoms in total. The number of halogens is 1. The third-order valence-corrected chi connectivity index (χ3v) is 5.05. The largest absolute Gasteiger partial charge is 0.0885 e. The second-order valence-corrected chi connectivity index (χ2v) is 5.59. The molecule has 1 aliphatic rings. The fraction of sp³-hybridized carbons (Fsp3) is 1.00. The Bertz CT molecular complexity index is 131. The van der Waals surface area contributed by atoms with Gasteiger partial charge in [-0.1, -0.05) is 49.5 Å². The summed E-state index contributed by atoms with van der Waals surface area (Å²) in [5, 5.41) is 0. The molecule has 0 spiro atoms. The minimum atomic E-state index is 0.758. The van der Waals surface area contributed by atoms with E-state index in [9.17, 15) is 0 Å². The topological polar surface area (TPSA) is 0 Å². The van der Waals surface area contributed by atoms with Crippen LogP contribution in [-0.2, 0) is 0 Å². The molecular formula is C11H21Br. The normalized spacial score (nSPS) is 32.8. The van der Waals surface area contributed by atoms with Gasteiger partial charge in [-0.25, -0.2) is 0 Å². The highest BCUT2D eigenvalue weighted by Gasteiger charge is 2.29. The van der Waals surface area contributed by atoms with Crippen LogP contribution >= 0.6 is 15.9 Å². The Morgan fingerprint density at radius 1 is 1.33 bits per heavy atom. The summed E-state index contributed by atoms with van der Waals surface area (Å²) in [6.45, 7) is 6.96. The van der Waals surface area contributed by atoms with E-state index >= 15 is 0 Å². The zero-order chi connectivity index (χ0) is 9.14. The lowest BCUT2D eigenvalue weighted by molar-refractivity contribution is 0.419. The molecule has 12 heavy (non-hydrogen) atoms. The van der Waals surface area contributed by atoms with Gasteiger partial charge in [-0.3, -0.25) is 0 Å². The van der Waals surface area contributed by atoms with Crippen LogP contribution in [0.3, 0.4) is 0 Å². The van der Waals surface area contributed by atoms with Gasteiger partial charge in [0.2, 0.25) is 0 Å². The molecule has 1 fully saturated rings. The lowest BCUT2D eigenvalue weighted by Crippen LogP contribution is -2.17. The predicted molar refractivity (Wildman–Crippen MR) is 58.7 cm³/mol. The maximum absolute atomic E-state index is 3.83. The van der Waals surface area contributed by atoms with Gasteiger partial charge in [-0.15, -0.1) is 0 Å². The lowest BCUT2D eigenvalue weighted by atomic mass is 9.94. The molecule has 1 rings (SSSR count). The van der Waals surface area contributed by atoms with Gasteiger partial charge in [0.25, 0.3) is 0 Å². The molecule has 3 unspecified atom stereocenters. The van der Waals surface area contributed by atoms with Gasteiger partial charge in [-0.2, -0.15) is 0 Å². The van der Waals surface area contributed by atoms with Crippen LogP contribution in [0.4, 0.5) is 0 Å². The van der Waals surface area contributed by atoms with E-state index in [2.05, 4.69) is 36.7 Å². The van der Waals surface area contributed by atoms with Crippen LogP contribution in [0, 0.1) is 17.8 Å². The predicted octanol–water partition coefficient (Wildman–Crippen LogP) is 4.23. The zero-order valence-electron chi connectivity index (χ0n) is 8.52. The van der Waals surface area contributed by atoms with Crippen molar-refractivity contribution in [2.75, 3.05) is 0 Å². The van der Waals surface area contributed by atoms with Crippen LogP contribution in [0.25, 0.3) is 0 Å². The van der Waals surface area contributed by atoms with E-state index < -0.39 is 0 Å². The summed E-state index contributed by atoms with van der Waals surface area (Å²) in [6.07, 6.45) is 5.77. The van der Waals surface area contributed by atoms with Crippen LogP contribution in [0.2, 0.25) is 0 Å². The van der Waals surface area contributed by atoms with Gasteiger partial charge in [0.1, 0.15) is 0 Å². The molecule has 0 N–H and O–H groups in total. The molecule has 0 aliphatic heterocycles. The van der Waals surface area contributed by atoms with Crippen LogP contribution in [-0.4, -0.2) is 4.83 Å². The van der Waals surface area contributed by atoms with Crippen molar-refractivity contribution in [3.8, 4) is 0 Å². The summed E-state index contributed by atoms with van der Waals surface area (Å²) in [7, 11) is 0. The summed E-state index contributed by atoms with van der Waals surface area (Å²) in [4.78, 5) is 0.758. The maximum atomic E-state index is 3.83. The monoisotopic (exact) mass is 232 g/mol. The van der Waals surface area contributed by atoms with Gasteiger partial charge >= 0.3 is 0 Å². The summed E-state index contributed by atoms with van der Waals surface area (Å²) < 4.78 is 0. The van der Waals surface area contributed by atoms with Crippen LogP contribution in [0.5, 0.6) is 0 Å². The number of alkyl halides is 1. The average molecular weight is 233 g/mol. The van der Waals surface area contributed by atoms with E-state index in [4.69, 9.17) is 0 Å². The van der Waals surface area contributed by atoms with E-state index in [1.165, 1.54) is 25.7 Å². The summed E-state index contributed by atoms with van der Waals surface area (Å²) in [5.41, 5.74) is 0. The summed E-state index contributed by atoms with van der Waals surface area (Å²) in [5.74, 6) is 2.77. The summed E-state index contributed by atoms with van der Waals surface area (Å²) >= 11 is 3.83. The Morgan fingerprint density at radius 2 is 2.00 bits per heavy atom. The van der Waals surface area contributed by atoms with Crippen molar-refractivity contribution < 1.29 is 0 Å². The highest BCUT2D eigenvalue weighted by molar-refractivity contribution is 9.09. The van der Waals surface area contributed by atoms with Gasteiger partial charge in [-0.05, 0) is 30.6 Å². The second-order valence-electron chi connectivity index (χ2n) is 4.54. The molecule has 3 atom stereocenters. The zero-order valence-corrected chi connectivity index (χ0v) is 10.1. The standard InChI is InChI=1S/C11H21Br/c1-4-9-5-6-10(7-9)11(12)8(2)3/h8-11H,4-7H2,1-3H3. The lowest BCUT2D eigenvalue weighted by Gasteiger charge is -2.21. The van der Waals surface area contributed by atoms with E-state index in [0.717, 1.165) is 22.6 Å². The highest BCUT2D eigenvalue weighted by atomic mass is 79.9. The molecule has 1 aliphatic carbocycles. The number of hydrogen-bond acceptors (Lipinski definition) is 0. The molecule has 0 heterocycles. The molecule has 1 heteroatoms. The number of rotatable bonds is 3. The van der Waals surface area contributed by atoms with Crippen molar-refractivity contribution in [3.05, 3.63) is 0 Å². The second kappa shape index (κ2) is 4.64. The van der Waals surface area contributed by atoms with Crippen LogP contribution in [0.1, 0.15) is 46.5 Å². The first kappa shape index (κ1) is 10.6. The van der Waals surface area contributed by atoms with Crippen molar-refractivity contribution in [1.82, 2.24) is 0 Å². The minimum Gasteiger partial charge on any atom is -0.0885 e. The maximum Gasteiger partial charge on any atom is 0.0197 e. The van der Waals surface area contributed by atoms with Crippen molar-refractivity contribution in [2.45, 2.75) is 51.3 Å².